The number of benzene rings is 3. The lowest BCUT2D eigenvalue weighted by atomic mass is 9.92. The molecule has 4 rings (SSSR count). The zero-order valence-electron chi connectivity index (χ0n) is 17.1. The second kappa shape index (κ2) is 8.67. The van der Waals surface area contributed by atoms with Gasteiger partial charge < -0.3 is 4.74 Å². The van der Waals surface area contributed by atoms with E-state index in [1.165, 1.54) is 31.2 Å². The van der Waals surface area contributed by atoms with E-state index in [4.69, 9.17) is 0 Å². The van der Waals surface area contributed by atoms with E-state index in [2.05, 4.69) is 9.72 Å². The largest absolute Gasteiger partial charge is 0.573 e. The van der Waals surface area contributed by atoms with Crippen molar-refractivity contribution in [3.05, 3.63) is 95.7 Å². The third-order valence-corrected chi connectivity index (χ3v) is 4.88. The molecule has 0 fully saturated rings. The Bertz CT molecular complexity index is 1290. The van der Waals surface area contributed by atoms with Crippen molar-refractivity contribution in [3.8, 4) is 16.9 Å². The van der Waals surface area contributed by atoms with Crippen molar-refractivity contribution < 1.29 is 22.7 Å². The van der Waals surface area contributed by atoms with Gasteiger partial charge in [-0.25, -0.2) is 4.98 Å². The Balaban J connectivity index is 1.81. The van der Waals surface area contributed by atoms with Crippen molar-refractivity contribution in [2.24, 2.45) is 0 Å². The lowest BCUT2D eigenvalue weighted by Crippen LogP contribution is -2.16. The van der Waals surface area contributed by atoms with Crippen LogP contribution in [0.4, 0.5) is 13.2 Å². The Morgan fingerprint density at radius 1 is 0.875 bits per heavy atom. The quantitative estimate of drug-likeness (QED) is 0.313. The highest BCUT2D eigenvalue weighted by Gasteiger charge is 2.30. The molecule has 0 unspecified atom stereocenters. The molecule has 0 aliphatic carbocycles. The maximum Gasteiger partial charge on any atom is 0.573 e. The maximum atomic E-state index is 12.7. The Kier molecular flexibility index (Phi) is 5.77. The third kappa shape index (κ3) is 4.70. The summed E-state index contributed by atoms with van der Waals surface area (Å²) in [5.41, 5.74) is 4.07. The van der Waals surface area contributed by atoms with Crippen LogP contribution in [0.2, 0.25) is 0 Å². The van der Waals surface area contributed by atoms with Gasteiger partial charge in [0.05, 0.1) is 16.8 Å². The number of rotatable bonds is 5. The molecule has 1 heterocycles. The predicted octanol–water partition coefficient (Wildman–Crippen LogP) is 7.17. The fourth-order valence-corrected chi connectivity index (χ4v) is 3.57. The van der Waals surface area contributed by atoms with Crippen molar-refractivity contribution in [3.63, 3.8) is 0 Å². The smallest absolute Gasteiger partial charge is 0.406 e. The zero-order valence-corrected chi connectivity index (χ0v) is 17.1. The van der Waals surface area contributed by atoms with E-state index < -0.39 is 6.36 Å². The second-order valence-corrected chi connectivity index (χ2v) is 7.14. The topological polar surface area (TPSA) is 39.2 Å². The number of ketones is 1. The predicted molar refractivity (Wildman–Crippen MR) is 119 cm³/mol. The molecule has 3 nitrogen and oxygen atoms in total. The maximum absolute atomic E-state index is 12.7. The summed E-state index contributed by atoms with van der Waals surface area (Å²) >= 11 is 0. The van der Waals surface area contributed by atoms with Gasteiger partial charge in [-0.1, -0.05) is 66.7 Å². The molecule has 0 amide bonds. The molecule has 0 bridgehead atoms. The SMILES string of the molecule is CC(=O)c1c(/C=C/c2ccc(OC(F)(F)F)cc2)nc2ccccc2c1-c1ccccc1. The molecule has 32 heavy (non-hydrogen) atoms. The Hall–Kier alpha value is -3.93. The van der Waals surface area contributed by atoms with Gasteiger partial charge >= 0.3 is 6.36 Å². The van der Waals surface area contributed by atoms with E-state index in [0.29, 0.717) is 16.8 Å². The Morgan fingerprint density at radius 3 is 2.19 bits per heavy atom. The molecule has 160 valence electrons. The fourth-order valence-electron chi connectivity index (χ4n) is 3.57. The summed E-state index contributed by atoms with van der Waals surface area (Å²) in [6.07, 6.45) is -1.33. The van der Waals surface area contributed by atoms with Crippen LogP contribution in [0.1, 0.15) is 28.5 Å². The minimum absolute atomic E-state index is 0.129. The van der Waals surface area contributed by atoms with E-state index in [-0.39, 0.29) is 11.5 Å². The number of aromatic nitrogens is 1. The summed E-state index contributed by atoms with van der Waals surface area (Å²) in [4.78, 5) is 17.4. The van der Waals surface area contributed by atoms with Gasteiger partial charge in [0.2, 0.25) is 0 Å². The molecular formula is C26H18F3NO2. The van der Waals surface area contributed by atoms with E-state index in [9.17, 15) is 18.0 Å². The van der Waals surface area contributed by atoms with Crippen LogP contribution in [-0.4, -0.2) is 17.1 Å². The zero-order chi connectivity index (χ0) is 22.7. The number of carbonyl (C=O) groups is 1. The fraction of sp³-hybridized carbons (Fsp3) is 0.0769. The number of ether oxygens (including phenoxy) is 1. The highest BCUT2D eigenvalue weighted by atomic mass is 19.4. The molecule has 4 aromatic rings. The van der Waals surface area contributed by atoms with Gasteiger partial charge in [0.1, 0.15) is 5.75 Å². The number of pyridine rings is 1. The number of hydrogen-bond donors (Lipinski definition) is 0. The first-order chi connectivity index (χ1) is 15.3. The van der Waals surface area contributed by atoms with E-state index >= 15 is 0 Å². The minimum Gasteiger partial charge on any atom is -0.406 e. The average molecular weight is 433 g/mol. The van der Waals surface area contributed by atoms with Crippen LogP contribution in [0.3, 0.4) is 0 Å². The van der Waals surface area contributed by atoms with Crippen LogP contribution in [0.25, 0.3) is 34.2 Å². The van der Waals surface area contributed by atoms with Crippen molar-refractivity contribution >= 4 is 28.8 Å². The van der Waals surface area contributed by atoms with Crippen LogP contribution >= 0.6 is 0 Å². The van der Waals surface area contributed by atoms with Crippen LogP contribution < -0.4 is 4.74 Å². The first-order valence-corrected chi connectivity index (χ1v) is 9.85. The highest BCUT2D eigenvalue weighted by Crippen LogP contribution is 2.34. The van der Waals surface area contributed by atoms with Gasteiger partial charge in [0.25, 0.3) is 0 Å². The molecule has 0 radical (unpaired) electrons. The van der Waals surface area contributed by atoms with Gasteiger partial charge in [-0.2, -0.15) is 0 Å². The summed E-state index contributed by atoms with van der Waals surface area (Å²) in [5, 5.41) is 0.870. The van der Waals surface area contributed by atoms with Crippen LogP contribution in [0.5, 0.6) is 5.75 Å². The molecule has 1 aromatic heterocycles. The molecule has 0 spiro atoms. The van der Waals surface area contributed by atoms with E-state index in [1.807, 2.05) is 54.6 Å². The lowest BCUT2D eigenvalue weighted by Gasteiger charge is -2.14. The number of para-hydroxylation sites is 1. The normalized spacial score (nSPS) is 11.8. The van der Waals surface area contributed by atoms with Gasteiger partial charge in [-0.15, -0.1) is 13.2 Å². The van der Waals surface area contributed by atoms with Gasteiger partial charge in [-0.05, 0) is 42.3 Å². The standard InChI is InChI=1S/C26H18F3NO2/c1-17(31)24-23(16-13-18-11-14-20(15-12-18)32-26(27,28)29)30-22-10-6-5-9-21(22)25(24)19-7-3-2-4-8-19/h2-16H,1H3/b16-13+. The van der Waals surface area contributed by atoms with E-state index in [0.717, 1.165) is 22.0 Å². The average Bonchev–Trinajstić information content (AvgIpc) is 2.77. The van der Waals surface area contributed by atoms with Crippen LogP contribution in [0.15, 0.2) is 78.9 Å². The molecule has 0 N–H and O–H groups in total. The van der Waals surface area contributed by atoms with Gasteiger partial charge in [-0.3, -0.25) is 4.79 Å². The monoisotopic (exact) mass is 433 g/mol. The van der Waals surface area contributed by atoms with Crippen molar-refractivity contribution in [1.82, 2.24) is 4.98 Å². The summed E-state index contributed by atoms with van der Waals surface area (Å²) in [6, 6.07) is 22.7. The summed E-state index contributed by atoms with van der Waals surface area (Å²) in [6.45, 7) is 1.50. The van der Waals surface area contributed by atoms with Gasteiger partial charge in [0.15, 0.2) is 5.78 Å². The van der Waals surface area contributed by atoms with Crippen LogP contribution in [-0.2, 0) is 0 Å². The Labute approximate surface area is 182 Å². The number of halogens is 3. The third-order valence-electron chi connectivity index (χ3n) is 4.88. The lowest BCUT2D eigenvalue weighted by molar-refractivity contribution is -0.274. The minimum atomic E-state index is -4.74. The van der Waals surface area contributed by atoms with Gasteiger partial charge in [0, 0.05) is 10.9 Å². The second-order valence-electron chi connectivity index (χ2n) is 7.14. The molecule has 6 heteroatoms. The molecule has 3 aromatic carbocycles. The summed E-state index contributed by atoms with van der Waals surface area (Å²) in [7, 11) is 0. The number of carbonyl (C=O) groups excluding carboxylic acids is 1. The highest BCUT2D eigenvalue weighted by molar-refractivity contribution is 6.11. The number of nitrogens with zero attached hydrogens (tertiary/aromatic N) is 1. The number of hydrogen-bond acceptors (Lipinski definition) is 3. The molecule has 0 atom stereocenters. The van der Waals surface area contributed by atoms with Crippen molar-refractivity contribution in [2.75, 3.05) is 0 Å². The first kappa shape index (κ1) is 21.3. The summed E-state index contributed by atoms with van der Waals surface area (Å²) < 4.78 is 41.0. The molecule has 0 saturated heterocycles. The molecular weight excluding hydrogens is 415 g/mol. The van der Waals surface area contributed by atoms with Crippen molar-refractivity contribution in [2.45, 2.75) is 13.3 Å². The number of fused-ring (bicyclic) bond motifs is 1. The Morgan fingerprint density at radius 2 is 1.53 bits per heavy atom. The van der Waals surface area contributed by atoms with E-state index in [1.54, 1.807) is 12.2 Å². The van der Waals surface area contributed by atoms with Crippen LogP contribution in [0, 0.1) is 0 Å². The number of alkyl halides is 3. The molecule has 0 aliphatic rings. The number of Topliss-reactive ketones (excluding diaryl/α,β-unsaturated/α-hetero) is 1. The van der Waals surface area contributed by atoms with Crippen molar-refractivity contribution in [1.29, 1.82) is 0 Å². The summed E-state index contributed by atoms with van der Waals surface area (Å²) in [5.74, 6) is -0.426. The molecule has 0 aliphatic heterocycles. The first-order valence-electron chi connectivity index (χ1n) is 9.85. The molecule has 0 saturated carbocycles.